The highest BCUT2D eigenvalue weighted by molar-refractivity contribution is 6.07. The summed E-state index contributed by atoms with van der Waals surface area (Å²) in [6.45, 7) is 2.27. The van der Waals surface area contributed by atoms with E-state index in [-0.39, 0.29) is 23.5 Å². The standard InChI is InChI=1S/C20H18N4O3/c1-14-11-16-9-5-6-10-17(16)23(14)20(25)18-12-19(24(26)27)21-22(18)13-15-7-3-2-4-8-15/h2-10,12,14H,11,13H2,1H3. The molecule has 27 heavy (non-hydrogen) atoms. The van der Waals surface area contributed by atoms with Crippen LogP contribution in [0.3, 0.4) is 0 Å². The number of benzene rings is 2. The molecule has 0 radical (unpaired) electrons. The lowest BCUT2D eigenvalue weighted by Gasteiger charge is -2.22. The van der Waals surface area contributed by atoms with Crippen molar-refractivity contribution in [1.82, 2.24) is 9.78 Å². The van der Waals surface area contributed by atoms with Crippen molar-refractivity contribution in [3.63, 3.8) is 0 Å². The summed E-state index contributed by atoms with van der Waals surface area (Å²) in [4.78, 5) is 25.7. The van der Waals surface area contributed by atoms with Crippen LogP contribution < -0.4 is 4.90 Å². The van der Waals surface area contributed by atoms with Crippen molar-refractivity contribution in [2.24, 2.45) is 0 Å². The van der Waals surface area contributed by atoms with Crippen LogP contribution in [0.2, 0.25) is 0 Å². The van der Waals surface area contributed by atoms with Gasteiger partial charge in [-0.15, -0.1) is 0 Å². The minimum Gasteiger partial charge on any atom is -0.358 e. The van der Waals surface area contributed by atoms with Gasteiger partial charge in [0.25, 0.3) is 5.91 Å². The minimum atomic E-state index is -0.570. The molecule has 0 spiro atoms. The molecule has 1 unspecified atom stereocenters. The first-order valence-corrected chi connectivity index (χ1v) is 8.72. The smallest absolute Gasteiger partial charge is 0.358 e. The monoisotopic (exact) mass is 362 g/mol. The fourth-order valence-corrected chi connectivity index (χ4v) is 3.54. The van der Waals surface area contributed by atoms with E-state index >= 15 is 0 Å². The number of rotatable bonds is 4. The summed E-state index contributed by atoms with van der Waals surface area (Å²) in [5, 5.41) is 15.3. The van der Waals surface area contributed by atoms with Gasteiger partial charge >= 0.3 is 5.82 Å². The van der Waals surface area contributed by atoms with Gasteiger partial charge < -0.3 is 15.0 Å². The lowest BCUT2D eigenvalue weighted by Crippen LogP contribution is -2.37. The number of hydrogen-bond donors (Lipinski definition) is 0. The van der Waals surface area contributed by atoms with E-state index in [2.05, 4.69) is 5.10 Å². The Morgan fingerprint density at radius 1 is 1.19 bits per heavy atom. The van der Waals surface area contributed by atoms with Crippen molar-refractivity contribution >= 4 is 17.4 Å². The van der Waals surface area contributed by atoms with Gasteiger partial charge in [-0.3, -0.25) is 4.79 Å². The molecule has 4 rings (SSSR count). The number of carbonyl (C=O) groups excluding carboxylic acids is 1. The maximum absolute atomic E-state index is 13.3. The van der Waals surface area contributed by atoms with Crippen LogP contribution in [0, 0.1) is 10.1 Å². The normalized spacial score (nSPS) is 15.6. The Morgan fingerprint density at radius 2 is 1.89 bits per heavy atom. The van der Waals surface area contributed by atoms with E-state index in [9.17, 15) is 14.9 Å². The Kier molecular flexibility index (Phi) is 4.19. The van der Waals surface area contributed by atoms with Gasteiger partial charge in [0.1, 0.15) is 0 Å². The van der Waals surface area contributed by atoms with E-state index in [1.54, 1.807) is 4.90 Å². The Morgan fingerprint density at radius 3 is 2.63 bits per heavy atom. The number of amides is 1. The van der Waals surface area contributed by atoms with Gasteiger partial charge in [0.15, 0.2) is 5.69 Å². The summed E-state index contributed by atoms with van der Waals surface area (Å²) in [7, 11) is 0. The van der Waals surface area contributed by atoms with Crippen LogP contribution in [0.25, 0.3) is 0 Å². The van der Waals surface area contributed by atoms with Gasteiger partial charge in [0, 0.05) is 11.7 Å². The molecule has 136 valence electrons. The number of anilines is 1. The Balaban J connectivity index is 1.74. The highest BCUT2D eigenvalue weighted by Gasteiger charge is 2.35. The zero-order valence-electron chi connectivity index (χ0n) is 14.8. The molecule has 7 nitrogen and oxygen atoms in total. The lowest BCUT2D eigenvalue weighted by atomic mass is 10.1. The van der Waals surface area contributed by atoms with Crippen molar-refractivity contribution < 1.29 is 9.72 Å². The Hall–Kier alpha value is -3.48. The van der Waals surface area contributed by atoms with Gasteiger partial charge in [0.2, 0.25) is 0 Å². The summed E-state index contributed by atoms with van der Waals surface area (Å²) in [5.41, 5.74) is 3.08. The van der Waals surface area contributed by atoms with Crippen LogP contribution in [-0.4, -0.2) is 26.7 Å². The van der Waals surface area contributed by atoms with Crippen LogP contribution in [0.5, 0.6) is 0 Å². The molecule has 1 aliphatic heterocycles. The zero-order chi connectivity index (χ0) is 19.0. The predicted octanol–water partition coefficient (Wildman–Crippen LogP) is 3.43. The maximum Gasteiger partial charge on any atom is 0.390 e. The summed E-state index contributed by atoms with van der Waals surface area (Å²) in [5.74, 6) is -0.599. The molecular weight excluding hydrogens is 344 g/mol. The van der Waals surface area contributed by atoms with Crippen molar-refractivity contribution in [2.45, 2.75) is 25.9 Å². The second-order valence-electron chi connectivity index (χ2n) is 6.65. The van der Waals surface area contributed by atoms with Crippen LogP contribution in [-0.2, 0) is 13.0 Å². The van der Waals surface area contributed by atoms with E-state index in [1.165, 1.54) is 10.7 Å². The Bertz CT molecular complexity index is 1010. The average Bonchev–Trinajstić information content (AvgIpc) is 3.22. The molecule has 2 aromatic carbocycles. The number of carbonyl (C=O) groups is 1. The van der Waals surface area contributed by atoms with Gasteiger partial charge in [-0.25, -0.2) is 0 Å². The second kappa shape index (κ2) is 6.68. The van der Waals surface area contributed by atoms with Gasteiger partial charge in [-0.2, -0.15) is 4.68 Å². The van der Waals surface area contributed by atoms with Crippen molar-refractivity contribution in [3.05, 3.63) is 87.6 Å². The molecule has 1 amide bonds. The summed E-state index contributed by atoms with van der Waals surface area (Å²) >= 11 is 0. The van der Waals surface area contributed by atoms with Gasteiger partial charge in [-0.1, -0.05) is 48.5 Å². The molecule has 2 heterocycles. The van der Waals surface area contributed by atoms with E-state index in [1.807, 2.05) is 61.5 Å². The molecule has 0 aliphatic carbocycles. The molecule has 0 saturated carbocycles. The van der Waals surface area contributed by atoms with E-state index in [4.69, 9.17) is 0 Å². The SMILES string of the molecule is CC1Cc2ccccc2N1C(=O)c1cc([N+](=O)[O-])nn1Cc1ccccc1. The van der Waals surface area contributed by atoms with Crippen LogP contribution in [0.15, 0.2) is 60.7 Å². The first kappa shape index (κ1) is 17.0. The number of hydrogen-bond acceptors (Lipinski definition) is 4. The maximum atomic E-state index is 13.3. The van der Waals surface area contributed by atoms with Crippen LogP contribution in [0.4, 0.5) is 11.5 Å². The first-order valence-electron chi connectivity index (χ1n) is 8.72. The molecule has 1 atom stereocenters. The quantitative estimate of drug-likeness (QED) is 0.526. The summed E-state index contributed by atoms with van der Waals surface area (Å²) < 4.78 is 1.42. The molecule has 0 saturated heterocycles. The summed E-state index contributed by atoms with van der Waals surface area (Å²) in [6, 6.07) is 18.4. The average molecular weight is 362 g/mol. The fourth-order valence-electron chi connectivity index (χ4n) is 3.54. The highest BCUT2D eigenvalue weighted by atomic mass is 16.6. The number of nitrogens with zero attached hydrogens (tertiary/aromatic N) is 4. The van der Waals surface area contributed by atoms with Crippen molar-refractivity contribution in [2.75, 3.05) is 4.90 Å². The molecule has 1 aliphatic rings. The lowest BCUT2D eigenvalue weighted by molar-refractivity contribution is -0.389. The largest absolute Gasteiger partial charge is 0.390 e. The van der Waals surface area contributed by atoms with Gasteiger partial charge in [-0.05, 0) is 35.5 Å². The van der Waals surface area contributed by atoms with Crippen molar-refractivity contribution in [1.29, 1.82) is 0 Å². The third kappa shape index (κ3) is 3.08. The highest BCUT2D eigenvalue weighted by Crippen LogP contribution is 2.33. The van der Waals surface area contributed by atoms with E-state index in [0.717, 1.165) is 23.2 Å². The number of fused-ring (bicyclic) bond motifs is 1. The number of nitro groups is 1. The van der Waals surface area contributed by atoms with Crippen LogP contribution >= 0.6 is 0 Å². The molecule has 3 aromatic rings. The molecule has 0 fully saturated rings. The van der Waals surface area contributed by atoms with E-state index in [0.29, 0.717) is 6.54 Å². The molecule has 7 heteroatoms. The minimum absolute atomic E-state index is 0.0194. The summed E-state index contributed by atoms with van der Waals surface area (Å²) in [6.07, 6.45) is 0.761. The molecule has 0 N–H and O–H groups in total. The zero-order valence-corrected chi connectivity index (χ0v) is 14.8. The van der Waals surface area contributed by atoms with E-state index < -0.39 is 4.92 Å². The Labute approximate surface area is 156 Å². The van der Waals surface area contributed by atoms with Gasteiger partial charge in [0.05, 0.1) is 17.7 Å². The molecule has 1 aromatic heterocycles. The first-order chi connectivity index (χ1) is 13.0. The predicted molar refractivity (Wildman–Crippen MR) is 101 cm³/mol. The number of para-hydroxylation sites is 1. The third-order valence-corrected chi connectivity index (χ3v) is 4.77. The number of aromatic nitrogens is 2. The third-order valence-electron chi connectivity index (χ3n) is 4.77. The molecular formula is C20H18N4O3. The topological polar surface area (TPSA) is 81.3 Å². The molecule has 0 bridgehead atoms. The fraction of sp³-hybridized carbons (Fsp3) is 0.200. The van der Waals surface area contributed by atoms with Crippen LogP contribution in [0.1, 0.15) is 28.5 Å². The second-order valence-corrected chi connectivity index (χ2v) is 6.65. The van der Waals surface area contributed by atoms with Crippen molar-refractivity contribution in [3.8, 4) is 0 Å².